The minimum Gasteiger partial charge on any atom is -0.494 e. The van der Waals surface area contributed by atoms with Crippen molar-refractivity contribution in [2.45, 2.75) is 13.8 Å². The highest BCUT2D eigenvalue weighted by Crippen LogP contribution is 2.26. The Morgan fingerprint density at radius 1 is 1.03 bits per heavy atom. The van der Waals surface area contributed by atoms with Gasteiger partial charge in [-0.05, 0) is 55.5 Å². The molecule has 1 aliphatic rings. The van der Waals surface area contributed by atoms with E-state index < -0.39 is 0 Å². The van der Waals surface area contributed by atoms with E-state index in [2.05, 4.69) is 15.5 Å². The topological polar surface area (TPSA) is 73.9 Å². The first-order valence-electron chi connectivity index (χ1n) is 9.92. The summed E-state index contributed by atoms with van der Waals surface area (Å²) in [6, 6.07) is 14.7. The molecule has 1 aliphatic heterocycles. The lowest BCUT2D eigenvalue weighted by Gasteiger charge is -2.36. The van der Waals surface area contributed by atoms with Crippen LogP contribution in [0.4, 0.5) is 11.4 Å². The molecule has 2 N–H and O–H groups in total. The summed E-state index contributed by atoms with van der Waals surface area (Å²) in [6.07, 6.45) is 0. The van der Waals surface area contributed by atoms with E-state index in [1.165, 1.54) is 0 Å². The van der Waals surface area contributed by atoms with Gasteiger partial charge in [-0.15, -0.1) is 0 Å². The zero-order valence-corrected chi connectivity index (χ0v) is 18.0. The molecule has 1 fully saturated rings. The molecule has 1 saturated heterocycles. The van der Waals surface area contributed by atoms with Crippen molar-refractivity contribution in [1.82, 2.24) is 10.2 Å². The van der Waals surface area contributed by atoms with E-state index in [4.69, 9.17) is 17.0 Å². The molecule has 0 aliphatic carbocycles. The molecule has 0 unspecified atom stereocenters. The Hall–Kier alpha value is -3.13. The summed E-state index contributed by atoms with van der Waals surface area (Å²) in [5, 5.41) is 6.07. The smallest absolute Gasteiger partial charge is 0.257 e. The van der Waals surface area contributed by atoms with Crippen LogP contribution in [-0.4, -0.2) is 54.6 Å². The minimum atomic E-state index is -0.289. The summed E-state index contributed by atoms with van der Waals surface area (Å²) in [4.78, 5) is 28.1. The van der Waals surface area contributed by atoms with Crippen LogP contribution in [0, 0.1) is 0 Å². The molecule has 0 spiro atoms. The fourth-order valence-corrected chi connectivity index (χ4v) is 3.52. The lowest BCUT2D eigenvalue weighted by atomic mass is 10.2. The van der Waals surface area contributed by atoms with E-state index in [0.717, 1.165) is 24.5 Å². The number of ether oxygens (including phenoxy) is 1. The first-order chi connectivity index (χ1) is 14.5. The maximum atomic E-state index is 12.5. The van der Waals surface area contributed by atoms with Crippen LogP contribution in [0.2, 0.25) is 0 Å². The van der Waals surface area contributed by atoms with Crippen molar-refractivity contribution in [2.24, 2.45) is 0 Å². The standard InChI is InChI=1S/C22H26N4O3S/c1-3-29-18-10-8-17(9-11-18)21(28)24-22(30)23-19-6-4-5-7-20(19)26-14-12-25(13-15-26)16(2)27/h4-11H,3,12-15H2,1-2H3,(H2,23,24,28,30). The van der Waals surface area contributed by atoms with Gasteiger partial charge >= 0.3 is 0 Å². The maximum Gasteiger partial charge on any atom is 0.257 e. The highest BCUT2D eigenvalue weighted by Gasteiger charge is 2.21. The van der Waals surface area contributed by atoms with Gasteiger partial charge in [-0.3, -0.25) is 14.9 Å². The molecule has 8 heteroatoms. The fraction of sp³-hybridized carbons (Fsp3) is 0.318. The van der Waals surface area contributed by atoms with E-state index in [0.29, 0.717) is 31.0 Å². The largest absolute Gasteiger partial charge is 0.494 e. The molecule has 0 aromatic heterocycles. The fourth-order valence-electron chi connectivity index (χ4n) is 3.32. The number of anilines is 2. The average Bonchev–Trinajstić information content (AvgIpc) is 2.75. The van der Waals surface area contributed by atoms with Crippen LogP contribution < -0.4 is 20.3 Å². The second-order valence-electron chi connectivity index (χ2n) is 6.88. The van der Waals surface area contributed by atoms with Crippen LogP contribution in [0.3, 0.4) is 0 Å². The van der Waals surface area contributed by atoms with Gasteiger partial charge in [-0.2, -0.15) is 0 Å². The number of rotatable bonds is 5. The van der Waals surface area contributed by atoms with Gasteiger partial charge in [0, 0.05) is 38.7 Å². The molecule has 0 saturated carbocycles. The Kier molecular flexibility index (Phi) is 7.24. The predicted octanol–water partition coefficient (Wildman–Crippen LogP) is 2.88. The molecule has 1 heterocycles. The molecule has 2 aromatic rings. The minimum absolute atomic E-state index is 0.0965. The monoisotopic (exact) mass is 426 g/mol. The Bertz CT molecular complexity index is 909. The van der Waals surface area contributed by atoms with Crippen LogP contribution in [0.1, 0.15) is 24.2 Å². The number of carbonyl (C=O) groups excluding carboxylic acids is 2. The molecule has 2 aromatic carbocycles. The van der Waals surface area contributed by atoms with Gasteiger partial charge in [0.25, 0.3) is 5.91 Å². The summed E-state index contributed by atoms with van der Waals surface area (Å²) < 4.78 is 5.39. The van der Waals surface area contributed by atoms with E-state index in [9.17, 15) is 9.59 Å². The van der Waals surface area contributed by atoms with Gasteiger partial charge in [0.2, 0.25) is 5.91 Å². The first-order valence-corrected chi connectivity index (χ1v) is 10.3. The van der Waals surface area contributed by atoms with Crippen molar-refractivity contribution >= 4 is 40.5 Å². The van der Waals surface area contributed by atoms with Crippen molar-refractivity contribution < 1.29 is 14.3 Å². The van der Waals surface area contributed by atoms with E-state index in [1.807, 2.05) is 36.1 Å². The average molecular weight is 427 g/mol. The molecule has 2 amide bonds. The first kappa shape index (κ1) is 21.6. The van der Waals surface area contributed by atoms with Crippen LogP contribution in [0.15, 0.2) is 48.5 Å². The molecule has 30 heavy (non-hydrogen) atoms. The van der Waals surface area contributed by atoms with Crippen LogP contribution >= 0.6 is 12.2 Å². The number of carbonyl (C=O) groups is 2. The quantitative estimate of drug-likeness (QED) is 0.717. The molecular weight excluding hydrogens is 400 g/mol. The van der Waals surface area contributed by atoms with Gasteiger partial charge < -0.3 is 19.9 Å². The molecule has 0 atom stereocenters. The second kappa shape index (κ2) is 10.1. The number of nitrogens with one attached hydrogen (secondary N) is 2. The highest BCUT2D eigenvalue weighted by atomic mass is 32.1. The van der Waals surface area contributed by atoms with Crippen LogP contribution in [0.5, 0.6) is 5.75 Å². The normalized spacial score (nSPS) is 13.5. The number of piperazine rings is 1. The molecule has 7 nitrogen and oxygen atoms in total. The number of nitrogens with zero attached hydrogens (tertiary/aromatic N) is 2. The summed E-state index contributed by atoms with van der Waals surface area (Å²) in [5.41, 5.74) is 2.29. The highest BCUT2D eigenvalue weighted by molar-refractivity contribution is 7.80. The van der Waals surface area contributed by atoms with Crippen LogP contribution in [0.25, 0.3) is 0 Å². The van der Waals surface area contributed by atoms with E-state index in [-0.39, 0.29) is 16.9 Å². The van der Waals surface area contributed by atoms with Crippen molar-refractivity contribution in [1.29, 1.82) is 0 Å². The van der Waals surface area contributed by atoms with Crippen molar-refractivity contribution in [3.8, 4) is 5.75 Å². The Morgan fingerprint density at radius 3 is 2.33 bits per heavy atom. The van der Waals surface area contributed by atoms with E-state index >= 15 is 0 Å². The van der Waals surface area contributed by atoms with Crippen molar-refractivity contribution in [3.63, 3.8) is 0 Å². The Labute approximate surface area is 182 Å². The van der Waals surface area contributed by atoms with E-state index in [1.54, 1.807) is 31.2 Å². The lowest BCUT2D eigenvalue weighted by Crippen LogP contribution is -2.48. The number of thiocarbonyl (C=S) groups is 1. The lowest BCUT2D eigenvalue weighted by molar-refractivity contribution is -0.129. The third-order valence-electron chi connectivity index (χ3n) is 4.87. The maximum absolute atomic E-state index is 12.5. The SMILES string of the molecule is CCOc1ccc(C(=O)NC(=S)Nc2ccccc2N2CCN(C(C)=O)CC2)cc1. The molecular formula is C22H26N4O3S. The van der Waals surface area contributed by atoms with Crippen molar-refractivity contribution in [2.75, 3.05) is 43.0 Å². The molecule has 3 rings (SSSR count). The van der Waals surface area contributed by atoms with Gasteiger partial charge in [-0.1, -0.05) is 12.1 Å². The van der Waals surface area contributed by atoms with Gasteiger partial charge in [-0.25, -0.2) is 0 Å². The summed E-state index contributed by atoms with van der Waals surface area (Å²) in [6.45, 7) is 6.92. The number of hydrogen-bond acceptors (Lipinski definition) is 5. The molecule has 158 valence electrons. The Balaban J connectivity index is 1.61. The predicted molar refractivity (Wildman–Crippen MR) is 122 cm³/mol. The zero-order valence-electron chi connectivity index (χ0n) is 17.2. The number of benzene rings is 2. The molecule has 0 bridgehead atoms. The summed E-state index contributed by atoms with van der Waals surface area (Å²) in [7, 11) is 0. The zero-order chi connectivity index (χ0) is 21.5. The van der Waals surface area contributed by atoms with Gasteiger partial charge in [0.15, 0.2) is 5.11 Å². The third kappa shape index (κ3) is 5.48. The van der Waals surface area contributed by atoms with Gasteiger partial charge in [0.1, 0.15) is 5.75 Å². The van der Waals surface area contributed by atoms with Gasteiger partial charge in [0.05, 0.1) is 18.0 Å². The molecule has 0 radical (unpaired) electrons. The number of hydrogen-bond donors (Lipinski definition) is 2. The Morgan fingerprint density at radius 2 is 1.70 bits per heavy atom. The summed E-state index contributed by atoms with van der Waals surface area (Å²) in [5.74, 6) is 0.524. The third-order valence-corrected chi connectivity index (χ3v) is 5.08. The van der Waals surface area contributed by atoms with Crippen LogP contribution in [-0.2, 0) is 4.79 Å². The second-order valence-corrected chi connectivity index (χ2v) is 7.28. The summed E-state index contributed by atoms with van der Waals surface area (Å²) >= 11 is 5.35. The van der Waals surface area contributed by atoms with Crippen molar-refractivity contribution in [3.05, 3.63) is 54.1 Å². The number of amides is 2. The number of para-hydroxylation sites is 2.